The van der Waals surface area contributed by atoms with Crippen molar-refractivity contribution in [2.45, 2.75) is 13.0 Å². The van der Waals surface area contributed by atoms with Gasteiger partial charge in [-0.15, -0.1) is 0 Å². The van der Waals surface area contributed by atoms with Crippen LogP contribution in [0.4, 0.5) is 15.8 Å². The molecule has 0 aliphatic heterocycles. The number of amides is 1. The highest BCUT2D eigenvalue weighted by atomic mass is 19.1. The molecule has 0 fully saturated rings. The van der Waals surface area contributed by atoms with Gasteiger partial charge in [-0.05, 0) is 31.2 Å². The molecule has 0 aliphatic rings. The van der Waals surface area contributed by atoms with Gasteiger partial charge in [0.05, 0.1) is 16.2 Å². The Balaban J connectivity index is 1.99. The number of ether oxygens (including phenoxy) is 1. The molecule has 1 amide bonds. The zero-order chi connectivity index (χ0) is 17.7. The zero-order valence-corrected chi connectivity index (χ0v) is 12.6. The van der Waals surface area contributed by atoms with Gasteiger partial charge < -0.3 is 10.1 Å². The molecule has 0 saturated carbocycles. The molecule has 8 heteroatoms. The third kappa shape index (κ3) is 4.13. The molecule has 2 aromatic rings. The molecular weight excluding hydrogens is 319 g/mol. The topological polar surface area (TPSA) is 98.5 Å². The molecule has 0 heterocycles. The number of anilines is 1. The first-order chi connectivity index (χ1) is 11.4. The van der Waals surface area contributed by atoms with Gasteiger partial charge in [0.1, 0.15) is 5.82 Å². The van der Waals surface area contributed by atoms with Crippen LogP contribution >= 0.6 is 0 Å². The number of benzene rings is 2. The quantitative estimate of drug-likeness (QED) is 0.515. The summed E-state index contributed by atoms with van der Waals surface area (Å²) in [6.07, 6.45) is -1.17. The summed E-state index contributed by atoms with van der Waals surface area (Å²) in [7, 11) is 0. The van der Waals surface area contributed by atoms with Crippen LogP contribution in [0.2, 0.25) is 0 Å². The van der Waals surface area contributed by atoms with Crippen molar-refractivity contribution < 1.29 is 23.6 Å². The number of nitrogens with zero attached hydrogens (tertiary/aromatic N) is 1. The summed E-state index contributed by atoms with van der Waals surface area (Å²) in [5.74, 6) is -2.13. The molecule has 0 spiro atoms. The first kappa shape index (κ1) is 17.1. The maximum absolute atomic E-state index is 13.5. The minimum absolute atomic E-state index is 0.0271. The van der Waals surface area contributed by atoms with E-state index in [1.807, 2.05) is 0 Å². The van der Waals surface area contributed by atoms with E-state index in [9.17, 15) is 24.1 Å². The van der Waals surface area contributed by atoms with Crippen molar-refractivity contribution >= 4 is 23.3 Å². The van der Waals surface area contributed by atoms with Gasteiger partial charge in [-0.2, -0.15) is 0 Å². The number of non-ortho nitro benzene ring substituents is 1. The number of carbonyl (C=O) groups excluding carboxylic acids is 2. The summed E-state index contributed by atoms with van der Waals surface area (Å²) >= 11 is 0. The number of para-hydroxylation sites is 1. The summed E-state index contributed by atoms with van der Waals surface area (Å²) in [5.41, 5.74) is -0.135. The standard InChI is InChI=1S/C16H13FN2O5/c1-10(15(20)18-14-5-3-2-4-13(14)17)24-16(21)11-6-8-12(9-7-11)19(22)23/h2-10H,1H3,(H,18,20). The number of halogens is 1. The Hall–Kier alpha value is -3.29. The monoisotopic (exact) mass is 332 g/mol. The van der Waals surface area contributed by atoms with Crippen molar-refractivity contribution in [3.05, 3.63) is 70.0 Å². The molecule has 24 heavy (non-hydrogen) atoms. The highest BCUT2D eigenvalue weighted by Gasteiger charge is 2.20. The predicted molar refractivity (Wildman–Crippen MR) is 83.0 cm³/mol. The average molecular weight is 332 g/mol. The molecule has 1 unspecified atom stereocenters. The van der Waals surface area contributed by atoms with Gasteiger partial charge in [0, 0.05) is 12.1 Å². The number of hydrogen-bond donors (Lipinski definition) is 1. The van der Waals surface area contributed by atoms with Gasteiger partial charge in [0.25, 0.3) is 11.6 Å². The number of nitro groups is 1. The number of hydrogen-bond acceptors (Lipinski definition) is 5. The Bertz CT molecular complexity index is 776. The van der Waals surface area contributed by atoms with Gasteiger partial charge in [0.15, 0.2) is 6.10 Å². The van der Waals surface area contributed by atoms with Crippen molar-refractivity contribution in [1.29, 1.82) is 0 Å². The van der Waals surface area contributed by atoms with E-state index in [-0.39, 0.29) is 16.9 Å². The summed E-state index contributed by atoms with van der Waals surface area (Å²) in [5, 5.41) is 12.9. The van der Waals surface area contributed by atoms with E-state index >= 15 is 0 Å². The largest absolute Gasteiger partial charge is 0.449 e. The summed E-state index contributed by atoms with van der Waals surface area (Å²) in [4.78, 5) is 33.8. The molecule has 124 valence electrons. The lowest BCUT2D eigenvalue weighted by Gasteiger charge is -2.13. The first-order valence-corrected chi connectivity index (χ1v) is 6.89. The molecule has 1 N–H and O–H groups in total. The Kier molecular flexibility index (Phi) is 5.20. The minimum Gasteiger partial charge on any atom is -0.449 e. The van der Waals surface area contributed by atoms with Crippen molar-refractivity contribution in [2.24, 2.45) is 0 Å². The van der Waals surface area contributed by atoms with Gasteiger partial charge in [-0.3, -0.25) is 14.9 Å². The van der Waals surface area contributed by atoms with Gasteiger partial charge in [-0.25, -0.2) is 9.18 Å². The fourth-order valence-electron chi connectivity index (χ4n) is 1.80. The lowest BCUT2D eigenvalue weighted by Crippen LogP contribution is -2.30. The molecule has 0 aromatic heterocycles. The van der Waals surface area contributed by atoms with Crippen LogP contribution in [0.5, 0.6) is 0 Å². The van der Waals surface area contributed by atoms with Crippen molar-refractivity contribution in [3.8, 4) is 0 Å². The lowest BCUT2D eigenvalue weighted by atomic mass is 10.2. The molecule has 0 radical (unpaired) electrons. The molecule has 0 bridgehead atoms. The first-order valence-electron chi connectivity index (χ1n) is 6.89. The number of esters is 1. The van der Waals surface area contributed by atoms with E-state index in [2.05, 4.69) is 5.32 Å². The van der Waals surface area contributed by atoms with Crippen LogP contribution in [-0.4, -0.2) is 22.9 Å². The Morgan fingerprint density at radius 2 is 1.79 bits per heavy atom. The zero-order valence-electron chi connectivity index (χ0n) is 12.6. The van der Waals surface area contributed by atoms with Gasteiger partial charge >= 0.3 is 5.97 Å². The van der Waals surface area contributed by atoms with E-state index in [1.165, 1.54) is 37.3 Å². The van der Waals surface area contributed by atoms with Crippen LogP contribution in [0.1, 0.15) is 17.3 Å². The summed E-state index contributed by atoms with van der Waals surface area (Å²) in [6.45, 7) is 1.33. The van der Waals surface area contributed by atoms with Crippen molar-refractivity contribution in [2.75, 3.05) is 5.32 Å². The van der Waals surface area contributed by atoms with E-state index in [0.717, 1.165) is 12.1 Å². The van der Waals surface area contributed by atoms with E-state index in [0.29, 0.717) is 0 Å². The normalized spacial score (nSPS) is 11.4. The second-order valence-corrected chi connectivity index (χ2v) is 4.82. The third-order valence-electron chi connectivity index (χ3n) is 3.10. The maximum atomic E-state index is 13.5. The van der Waals surface area contributed by atoms with Crippen molar-refractivity contribution in [3.63, 3.8) is 0 Å². The predicted octanol–water partition coefficient (Wildman–Crippen LogP) is 2.92. The summed E-state index contributed by atoms with van der Waals surface area (Å²) < 4.78 is 18.4. The van der Waals surface area contributed by atoms with Crippen LogP contribution in [-0.2, 0) is 9.53 Å². The fourth-order valence-corrected chi connectivity index (χ4v) is 1.80. The second kappa shape index (κ2) is 7.32. The Labute approximate surface area is 136 Å². The molecule has 0 saturated heterocycles. The molecular formula is C16H13FN2O5. The van der Waals surface area contributed by atoms with Gasteiger partial charge in [0.2, 0.25) is 0 Å². The highest BCUT2D eigenvalue weighted by molar-refractivity contribution is 5.97. The fraction of sp³-hybridized carbons (Fsp3) is 0.125. The molecule has 2 aromatic carbocycles. The van der Waals surface area contributed by atoms with Crippen LogP contribution in [0.15, 0.2) is 48.5 Å². The van der Waals surface area contributed by atoms with Crippen LogP contribution in [0, 0.1) is 15.9 Å². The Morgan fingerprint density at radius 3 is 2.38 bits per heavy atom. The summed E-state index contributed by atoms with van der Waals surface area (Å²) in [6, 6.07) is 10.3. The molecule has 0 aliphatic carbocycles. The van der Waals surface area contributed by atoms with Crippen LogP contribution in [0.25, 0.3) is 0 Å². The van der Waals surface area contributed by atoms with E-state index < -0.39 is 28.7 Å². The highest BCUT2D eigenvalue weighted by Crippen LogP contribution is 2.15. The molecule has 2 rings (SSSR count). The smallest absolute Gasteiger partial charge is 0.338 e. The van der Waals surface area contributed by atoms with Gasteiger partial charge in [-0.1, -0.05) is 12.1 Å². The SMILES string of the molecule is CC(OC(=O)c1ccc([N+](=O)[O-])cc1)C(=O)Nc1ccccc1F. The Morgan fingerprint density at radius 1 is 1.17 bits per heavy atom. The molecule has 1 atom stereocenters. The third-order valence-corrected chi connectivity index (χ3v) is 3.10. The average Bonchev–Trinajstić information content (AvgIpc) is 2.56. The second-order valence-electron chi connectivity index (χ2n) is 4.82. The number of nitro benzene ring substituents is 1. The van der Waals surface area contributed by atoms with Crippen LogP contribution in [0.3, 0.4) is 0 Å². The number of nitrogens with one attached hydrogen (secondary N) is 1. The maximum Gasteiger partial charge on any atom is 0.338 e. The number of carbonyl (C=O) groups is 2. The van der Waals surface area contributed by atoms with E-state index in [4.69, 9.17) is 4.74 Å². The van der Waals surface area contributed by atoms with Crippen LogP contribution < -0.4 is 5.32 Å². The number of rotatable bonds is 5. The minimum atomic E-state index is -1.17. The van der Waals surface area contributed by atoms with Crippen molar-refractivity contribution in [1.82, 2.24) is 0 Å². The lowest BCUT2D eigenvalue weighted by molar-refractivity contribution is -0.384. The van der Waals surface area contributed by atoms with E-state index in [1.54, 1.807) is 6.07 Å². The molecule has 7 nitrogen and oxygen atoms in total.